The molecule has 1 aliphatic heterocycles. The molecule has 2 aromatic rings. The average Bonchev–Trinajstić information content (AvgIpc) is 2.84. The lowest BCUT2D eigenvalue weighted by Gasteiger charge is -2.23. The SMILES string of the molecule is CC(c1ccccc1)N1C(=O)/C(=C/c2ccc(Br)cc2)SC1=S. The van der Waals surface area contributed by atoms with Crippen LogP contribution in [0.25, 0.3) is 6.08 Å². The van der Waals surface area contributed by atoms with E-state index >= 15 is 0 Å². The van der Waals surface area contributed by atoms with Crippen molar-refractivity contribution in [1.29, 1.82) is 0 Å². The van der Waals surface area contributed by atoms with E-state index in [4.69, 9.17) is 12.2 Å². The number of carbonyl (C=O) groups is 1. The van der Waals surface area contributed by atoms with Gasteiger partial charge in [0, 0.05) is 4.47 Å². The van der Waals surface area contributed by atoms with Gasteiger partial charge in [0.1, 0.15) is 4.32 Å². The van der Waals surface area contributed by atoms with Crippen LogP contribution >= 0.6 is 39.9 Å². The molecule has 23 heavy (non-hydrogen) atoms. The van der Waals surface area contributed by atoms with Gasteiger partial charge in [-0.1, -0.05) is 82.4 Å². The molecule has 0 radical (unpaired) electrons. The molecule has 3 rings (SSSR count). The number of thioether (sulfide) groups is 1. The summed E-state index contributed by atoms with van der Waals surface area (Å²) in [7, 11) is 0. The monoisotopic (exact) mass is 403 g/mol. The van der Waals surface area contributed by atoms with Crippen LogP contribution < -0.4 is 0 Å². The highest BCUT2D eigenvalue weighted by Gasteiger charge is 2.35. The predicted molar refractivity (Wildman–Crippen MR) is 104 cm³/mol. The van der Waals surface area contributed by atoms with E-state index in [1.165, 1.54) is 11.8 Å². The Morgan fingerprint density at radius 2 is 1.78 bits per heavy atom. The van der Waals surface area contributed by atoms with Crippen molar-refractivity contribution < 1.29 is 4.79 Å². The van der Waals surface area contributed by atoms with E-state index in [0.717, 1.165) is 15.6 Å². The lowest BCUT2D eigenvalue weighted by molar-refractivity contribution is -0.123. The molecule has 1 unspecified atom stereocenters. The van der Waals surface area contributed by atoms with Gasteiger partial charge in [-0.15, -0.1) is 0 Å². The minimum absolute atomic E-state index is 0.0285. The van der Waals surface area contributed by atoms with Crippen molar-refractivity contribution in [3.8, 4) is 0 Å². The minimum atomic E-state index is -0.0699. The number of hydrogen-bond donors (Lipinski definition) is 0. The number of nitrogens with zero attached hydrogens (tertiary/aromatic N) is 1. The first-order valence-electron chi connectivity index (χ1n) is 7.14. The minimum Gasteiger partial charge on any atom is -0.286 e. The van der Waals surface area contributed by atoms with Gasteiger partial charge in [0.15, 0.2) is 0 Å². The van der Waals surface area contributed by atoms with Crippen molar-refractivity contribution >= 4 is 56.2 Å². The largest absolute Gasteiger partial charge is 0.286 e. The van der Waals surface area contributed by atoms with E-state index in [-0.39, 0.29) is 11.9 Å². The van der Waals surface area contributed by atoms with E-state index in [0.29, 0.717) is 9.23 Å². The Kier molecular flexibility index (Phi) is 4.99. The molecule has 1 heterocycles. The molecule has 0 spiro atoms. The van der Waals surface area contributed by atoms with Gasteiger partial charge in [-0.25, -0.2) is 0 Å². The van der Waals surface area contributed by atoms with E-state index in [1.54, 1.807) is 4.90 Å². The molecule has 5 heteroatoms. The first kappa shape index (κ1) is 16.4. The standard InChI is InChI=1S/C18H14BrNOS2/c1-12(14-5-3-2-4-6-14)20-17(21)16(23-18(20)22)11-13-7-9-15(19)10-8-13/h2-12H,1H3/b16-11-. The third-order valence-electron chi connectivity index (χ3n) is 3.66. The van der Waals surface area contributed by atoms with Crippen LogP contribution in [0.1, 0.15) is 24.1 Å². The summed E-state index contributed by atoms with van der Waals surface area (Å²) in [6.45, 7) is 2.00. The summed E-state index contributed by atoms with van der Waals surface area (Å²) < 4.78 is 1.62. The Morgan fingerprint density at radius 3 is 2.43 bits per heavy atom. The second-order valence-electron chi connectivity index (χ2n) is 5.19. The first-order chi connectivity index (χ1) is 11.1. The second-order valence-corrected chi connectivity index (χ2v) is 7.78. The van der Waals surface area contributed by atoms with Gasteiger partial charge in [-0.3, -0.25) is 9.69 Å². The summed E-state index contributed by atoms with van der Waals surface area (Å²) in [6.07, 6.45) is 1.89. The second kappa shape index (κ2) is 6.99. The molecule has 0 bridgehead atoms. The first-order valence-corrected chi connectivity index (χ1v) is 9.15. The molecule has 116 valence electrons. The smallest absolute Gasteiger partial charge is 0.266 e. The number of halogens is 1. The van der Waals surface area contributed by atoms with Crippen molar-refractivity contribution in [3.63, 3.8) is 0 Å². The van der Waals surface area contributed by atoms with Crippen LogP contribution in [-0.4, -0.2) is 15.1 Å². The van der Waals surface area contributed by atoms with Crippen molar-refractivity contribution in [1.82, 2.24) is 4.90 Å². The lowest BCUT2D eigenvalue weighted by atomic mass is 10.1. The number of carbonyl (C=O) groups excluding carboxylic acids is 1. The maximum absolute atomic E-state index is 12.7. The normalized spacial score (nSPS) is 17.8. The molecule has 0 aliphatic carbocycles. The summed E-state index contributed by atoms with van der Waals surface area (Å²) in [5.41, 5.74) is 2.06. The van der Waals surface area contributed by atoms with E-state index in [9.17, 15) is 4.79 Å². The van der Waals surface area contributed by atoms with Crippen molar-refractivity contribution in [2.45, 2.75) is 13.0 Å². The maximum Gasteiger partial charge on any atom is 0.266 e. The zero-order valence-electron chi connectivity index (χ0n) is 12.4. The molecule has 1 aliphatic rings. The molecule has 2 aromatic carbocycles. The molecule has 1 amide bonds. The zero-order chi connectivity index (χ0) is 16.4. The Hall–Kier alpha value is -1.43. The highest BCUT2D eigenvalue weighted by molar-refractivity contribution is 9.10. The van der Waals surface area contributed by atoms with Crippen LogP contribution in [0.2, 0.25) is 0 Å². The van der Waals surface area contributed by atoms with Crippen LogP contribution in [-0.2, 0) is 4.79 Å². The van der Waals surface area contributed by atoms with E-state index < -0.39 is 0 Å². The Bertz CT molecular complexity index is 771. The van der Waals surface area contributed by atoms with Gasteiger partial charge in [-0.2, -0.15) is 0 Å². The molecule has 0 saturated carbocycles. The molecule has 2 nitrogen and oxygen atoms in total. The Balaban J connectivity index is 1.86. The van der Waals surface area contributed by atoms with Crippen LogP contribution in [0.15, 0.2) is 64.0 Å². The quantitative estimate of drug-likeness (QED) is 0.504. The maximum atomic E-state index is 12.7. The van der Waals surface area contributed by atoms with Gasteiger partial charge in [-0.05, 0) is 36.3 Å². The molecule has 1 fully saturated rings. The van der Waals surface area contributed by atoms with Crippen LogP contribution in [0.4, 0.5) is 0 Å². The number of benzene rings is 2. The van der Waals surface area contributed by atoms with Crippen molar-refractivity contribution in [3.05, 3.63) is 75.1 Å². The topological polar surface area (TPSA) is 20.3 Å². The number of rotatable bonds is 3. The van der Waals surface area contributed by atoms with E-state index in [2.05, 4.69) is 15.9 Å². The summed E-state index contributed by atoms with van der Waals surface area (Å²) in [6, 6.07) is 17.7. The predicted octanol–water partition coefficient (Wildman–Crippen LogP) is 5.41. The molecule has 1 saturated heterocycles. The molecule has 0 N–H and O–H groups in total. The van der Waals surface area contributed by atoms with Gasteiger partial charge in [0.25, 0.3) is 5.91 Å². The van der Waals surface area contributed by atoms with Crippen LogP contribution in [0.3, 0.4) is 0 Å². The fraction of sp³-hybridized carbons (Fsp3) is 0.111. The summed E-state index contributed by atoms with van der Waals surface area (Å²) >= 11 is 10.2. The van der Waals surface area contributed by atoms with Crippen molar-refractivity contribution in [2.24, 2.45) is 0 Å². The fourth-order valence-electron chi connectivity index (χ4n) is 2.40. The van der Waals surface area contributed by atoms with Gasteiger partial charge < -0.3 is 0 Å². The highest BCUT2D eigenvalue weighted by Crippen LogP contribution is 2.37. The lowest BCUT2D eigenvalue weighted by Crippen LogP contribution is -2.30. The highest BCUT2D eigenvalue weighted by atomic mass is 79.9. The summed E-state index contributed by atoms with van der Waals surface area (Å²) in [4.78, 5) is 15.1. The number of amides is 1. The molecule has 1 atom stereocenters. The summed E-state index contributed by atoms with van der Waals surface area (Å²) in [5, 5.41) is 0. The zero-order valence-corrected chi connectivity index (χ0v) is 15.6. The van der Waals surface area contributed by atoms with Crippen LogP contribution in [0.5, 0.6) is 0 Å². The van der Waals surface area contributed by atoms with E-state index in [1.807, 2.05) is 67.6 Å². The van der Waals surface area contributed by atoms with Gasteiger partial charge in [0.2, 0.25) is 0 Å². The molecular weight excluding hydrogens is 390 g/mol. The van der Waals surface area contributed by atoms with Crippen LogP contribution in [0, 0.1) is 0 Å². The van der Waals surface area contributed by atoms with Gasteiger partial charge in [0.05, 0.1) is 10.9 Å². The molecule has 0 aromatic heterocycles. The van der Waals surface area contributed by atoms with Gasteiger partial charge >= 0.3 is 0 Å². The third-order valence-corrected chi connectivity index (χ3v) is 5.52. The Morgan fingerprint density at radius 1 is 1.13 bits per heavy atom. The third kappa shape index (κ3) is 3.57. The Labute approximate surface area is 153 Å². The summed E-state index contributed by atoms with van der Waals surface area (Å²) in [5.74, 6) is -0.0285. The fourth-order valence-corrected chi connectivity index (χ4v) is 4.09. The van der Waals surface area contributed by atoms with Crippen molar-refractivity contribution in [2.75, 3.05) is 0 Å². The average molecular weight is 404 g/mol. The molecular formula is C18H14BrNOS2. The number of hydrogen-bond acceptors (Lipinski definition) is 3. The number of thiocarbonyl (C=S) groups is 1.